The summed E-state index contributed by atoms with van der Waals surface area (Å²) in [6, 6.07) is 12.9. The van der Waals surface area contributed by atoms with Crippen LogP contribution in [0.1, 0.15) is 11.4 Å². The summed E-state index contributed by atoms with van der Waals surface area (Å²) in [4.78, 5) is 4.07. The van der Waals surface area contributed by atoms with Gasteiger partial charge in [0, 0.05) is 48.8 Å². The van der Waals surface area contributed by atoms with Gasteiger partial charge in [0.15, 0.2) is 5.65 Å². The average molecular weight is 454 g/mol. The molecule has 4 heterocycles. The van der Waals surface area contributed by atoms with E-state index in [4.69, 9.17) is 4.52 Å². The van der Waals surface area contributed by atoms with Gasteiger partial charge in [0.25, 0.3) is 0 Å². The van der Waals surface area contributed by atoms with Crippen LogP contribution in [0.4, 0.5) is 8.78 Å². The lowest BCUT2D eigenvalue weighted by atomic mass is 10.1. The molecule has 11 heteroatoms. The van der Waals surface area contributed by atoms with Crippen molar-refractivity contribution >= 4 is 24.0 Å². The van der Waals surface area contributed by atoms with Crippen LogP contribution in [0.5, 0.6) is 0 Å². The summed E-state index contributed by atoms with van der Waals surface area (Å²) >= 11 is 0. The third-order valence-electron chi connectivity index (χ3n) is 5.25. The number of aromatic nitrogens is 6. The molecule has 5 rings (SSSR count). The second kappa shape index (κ2) is 7.29. The molecule has 32 heavy (non-hydrogen) atoms. The van der Waals surface area contributed by atoms with Gasteiger partial charge in [0.2, 0.25) is 13.2 Å². The molecule has 1 unspecified atom stereocenters. The first-order valence-corrected chi connectivity index (χ1v) is 11.6. The van der Waals surface area contributed by atoms with Gasteiger partial charge in [-0.15, -0.1) is 10.2 Å². The van der Waals surface area contributed by atoms with Crippen LogP contribution in [-0.4, -0.2) is 43.0 Å². The Bertz CT molecular complexity index is 1510. The lowest BCUT2D eigenvalue weighted by Gasteiger charge is -2.15. The molecule has 0 saturated heterocycles. The number of imidazole rings is 1. The number of benzene rings is 1. The van der Waals surface area contributed by atoms with Gasteiger partial charge in [-0.2, -0.15) is 18.4 Å². The van der Waals surface area contributed by atoms with Gasteiger partial charge in [-0.3, -0.25) is 4.57 Å². The number of nitrogens with zero attached hydrogens (tertiary/aromatic N) is 6. The number of alkyl halides is 2. The van der Waals surface area contributed by atoms with Crippen LogP contribution < -0.4 is 5.30 Å². The molecule has 4 aromatic heterocycles. The van der Waals surface area contributed by atoms with Crippen molar-refractivity contribution in [2.24, 2.45) is 0 Å². The number of halogens is 2. The van der Waals surface area contributed by atoms with Crippen LogP contribution in [0.25, 0.3) is 22.6 Å². The van der Waals surface area contributed by atoms with E-state index in [1.807, 2.05) is 0 Å². The molecule has 0 bridgehead atoms. The van der Waals surface area contributed by atoms with E-state index in [-0.39, 0.29) is 11.2 Å². The third-order valence-corrected chi connectivity index (χ3v) is 7.17. The van der Waals surface area contributed by atoms with E-state index >= 15 is 8.78 Å². The molecule has 0 radical (unpaired) electrons. The molecule has 0 aliphatic carbocycles. The third kappa shape index (κ3) is 3.28. The Morgan fingerprint density at radius 2 is 1.88 bits per heavy atom. The highest BCUT2D eigenvalue weighted by Gasteiger charge is 2.40. The number of hydrogen-bond acceptors (Lipinski definition) is 6. The number of hydrogen-bond donors (Lipinski definition) is 0. The maximum absolute atomic E-state index is 15.4. The van der Waals surface area contributed by atoms with Crippen LogP contribution in [-0.2, 0) is 15.0 Å². The zero-order valence-corrected chi connectivity index (χ0v) is 17.9. The van der Waals surface area contributed by atoms with Gasteiger partial charge in [0.05, 0.1) is 5.69 Å². The second-order valence-corrected chi connectivity index (χ2v) is 9.85. The maximum Gasteiger partial charge on any atom is 0.335 e. The first-order chi connectivity index (χ1) is 15.3. The minimum Gasteiger partial charge on any atom is -0.329 e. The highest BCUT2D eigenvalue weighted by Crippen LogP contribution is 2.40. The molecule has 0 saturated carbocycles. The lowest BCUT2D eigenvalue weighted by molar-refractivity contribution is 0.0302. The fourth-order valence-electron chi connectivity index (χ4n) is 3.40. The van der Waals surface area contributed by atoms with Crippen LogP contribution in [0, 0.1) is 0 Å². The minimum absolute atomic E-state index is 0.182. The van der Waals surface area contributed by atoms with Gasteiger partial charge in [-0.1, -0.05) is 12.1 Å². The Morgan fingerprint density at radius 1 is 1.06 bits per heavy atom. The zero-order valence-electron chi connectivity index (χ0n) is 17.1. The molecular formula is C21H17F2N6O2P. The molecule has 8 nitrogen and oxygen atoms in total. The van der Waals surface area contributed by atoms with E-state index in [2.05, 4.69) is 20.3 Å². The van der Waals surface area contributed by atoms with Crippen LogP contribution in [0.2, 0.25) is 0 Å². The van der Waals surface area contributed by atoms with E-state index in [0.717, 1.165) is 4.52 Å². The Labute approximate surface area is 181 Å². The molecule has 1 atom stereocenters. The van der Waals surface area contributed by atoms with Gasteiger partial charge in [0.1, 0.15) is 5.65 Å². The van der Waals surface area contributed by atoms with E-state index in [1.54, 1.807) is 42.6 Å². The molecule has 5 aromatic rings. The Morgan fingerprint density at radius 3 is 2.69 bits per heavy atom. The van der Waals surface area contributed by atoms with Crippen LogP contribution >= 0.6 is 7.37 Å². The zero-order chi connectivity index (χ0) is 22.5. The summed E-state index contributed by atoms with van der Waals surface area (Å²) < 4.78 is 51.1. The standard InChI is InChI=1S/C21H17F2N6O2P/c1-31-32(2,30)16-5-3-4-14(12-16)17-7-9-19-25-26-20(29(19)27-17)21(22,23)15-6-8-18-24-10-11-28(18)13-15/h3-13H,1-2H3. The van der Waals surface area contributed by atoms with E-state index in [1.165, 1.54) is 42.7 Å². The topological polar surface area (TPSA) is 86.7 Å². The van der Waals surface area contributed by atoms with Gasteiger partial charge < -0.3 is 8.92 Å². The lowest BCUT2D eigenvalue weighted by Crippen LogP contribution is -2.21. The maximum atomic E-state index is 15.4. The van der Waals surface area contributed by atoms with Crippen molar-refractivity contribution in [3.8, 4) is 11.3 Å². The SMILES string of the molecule is COP(C)(=O)c1cccc(-c2ccc3nnc(C(F)(F)c4ccc5nccn5c4)n3n2)c1. The van der Waals surface area contributed by atoms with Crippen molar-refractivity contribution in [1.29, 1.82) is 0 Å². The predicted molar refractivity (Wildman–Crippen MR) is 115 cm³/mol. The second-order valence-electron chi connectivity index (χ2n) is 7.28. The molecule has 0 spiro atoms. The summed E-state index contributed by atoms with van der Waals surface area (Å²) in [7, 11) is -1.61. The molecule has 0 aliphatic heterocycles. The molecule has 162 valence electrons. The largest absolute Gasteiger partial charge is 0.335 e. The quantitative estimate of drug-likeness (QED) is 0.376. The summed E-state index contributed by atoms with van der Waals surface area (Å²) in [5, 5.41) is 12.4. The summed E-state index contributed by atoms with van der Waals surface area (Å²) in [5.41, 5.74) is 1.48. The van der Waals surface area contributed by atoms with E-state index in [9.17, 15) is 4.57 Å². The Kier molecular flexibility index (Phi) is 4.65. The van der Waals surface area contributed by atoms with Crippen molar-refractivity contribution < 1.29 is 17.9 Å². The number of fused-ring (bicyclic) bond motifs is 2. The Balaban J connectivity index is 1.61. The van der Waals surface area contributed by atoms with Gasteiger partial charge in [-0.05, 0) is 36.4 Å². The minimum atomic E-state index is -3.46. The summed E-state index contributed by atoms with van der Waals surface area (Å²) in [6.45, 7) is 1.51. The first-order valence-electron chi connectivity index (χ1n) is 9.58. The van der Waals surface area contributed by atoms with E-state index < -0.39 is 19.1 Å². The number of rotatable bonds is 5. The van der Waals surface area contributed by atoms with E-state index in [0.29, 0.717) is 22.2 Å². The molecule has 1 aromatic carbocycles. The molecular weight excluding hydrogens is 437 g/mol. The monoisotopic (exact) mass is 454 g/mol. The molecule has 0 amide bonds. The summed E-state index contributed by atoms with van der Waals surface area (Å²) in [6.07, 6.45) is 4.43. The normalized spacial score (nSPS) is 14.1. The number of pyridine rings is 1. The molecule has 0 N–H and O–H groups in total. The average Bonchev–Trinajstić information content (AvgIpc) is 3.45. The fraction of sp³-hybridized carbons (Fsp3) is 0.143. The first kappa shape index (κ1) is 20.4. The van der Waals surface area contributed by atoms with Crippen molar-refractivity contribution in [2.75, 3.05) is 13.8 Å². The highest BCUT2D eigenvalue weighted by atomic mass is 31.2. The van der Waals surface area contributed by atoms with Crippen LogP contribution in [0.15, 0.2) is 67.1 Å². The van der Waals surface area contributed by atoms with Gasteiger partial charge >= 0.3 is 5.92 Å². The van der Waals surface area contributed by atoms with Gasteiger partial charge in [-0.25, -0.2) is 4.98 Å². The fourth-order valence-corrected chi connectivity index (χ4v) is 4.34. The Hall–Kier alpha value is -3.49. The molecule has 0 aliphatic rings. The van der Waals surface area contributed by atoms with Crippen molar-refractivity contribution in [2.45, 2.75) is 5.92 Å². The van der Waals surface area contributed by atoms with Crippen molar-refractivity contribution in [3.63, 3.8) is 0 Å². The predicted octanol–water partition coefficient (Wildman–Crippen LogP) is 3.76. The van der Waals surface area contributed by atoms with Crippen molar-refractivity contribution in [3.05, 3.63) is 78.5 Å². The smallest absolute Gasteiger partial charge is 0.329 e. The highest BCUT2D eigenvalue weighted by molar-refractivity contribution is 7.66. The summed E-state index contributed by atoms with van der Waals surface area (Å²) in [5.74, 6) is -4.07. The van der Waals surface area contributed by atoms with Crippen molar-refractivity contribution in [1.82, 2.24) is 29.2 Å². The molecule has 0 fully saturated rings. The van der Waals surface area contributed by atoms with Crippen LogP contribution in [0.3, 0.4) is 0 Å².